The SMILES string of the molecule is O=C(Nc1ccc(O)cc1)c1cc2cc(Cl)cc(Cl)c2oc1=O. The maximum atomic E-state index is 12.2. The van der Waals surface area contributed by atoms with Gasteiger partial charge < -0.3 is 14.8 Å². The van der Waals surface area contributed by atoms with Gasteiger partial charge in [-0.1, -0.05) is 23.2 Å². The first-order valence-corrected chi connectivity index (χ1v) is 7.23. The average Bonchev–Trinajstić information content (AvgIpc) is 2.50. The molecule has 3 rings (SSSR count). The number of fused-ring (bicyclic) bond motifs is 1. The summed E-state index contributed by atoms with van der Waals surface area (Å²) in [6.45, 7) is 0. The minimum atomic E-state index is -0.807. The lowest BCUT2D eigenvalue weighted by Gasteiger charge is -2.06. The number of hydrogen-bond donors (Lipinski definition) is 2. The fourth-order valence-electron chi connectivity index (χ4n) is 2.06. The highest BCUT2D eigenvalue weighted by atomic mass is 35.5. The number of halogens is 2. The molecule has 0 spiro atoms. The number of anilines is 1. The molecule has 0 radical (unpaired) electrons. The molecule has 0 aliphatic heterocycles. The lowest BCUT2D eigenvalue weighted by molar-refractivity contribution is 0.102. The number of aromatic hydroxyl groups is 1. The van der Waals surface area contributed by atoms with Gasteiger partial charge in [-0.25, -0.2) is 4.79 Å². The second-order valence-corrected chi connectivity index (χ2v) is 5.60. The Bertz CT molecular complexity index is 964. The quantitative estimate of drug-likeness (QED) is 0.540. The van der Waals surface area contributed by atoms with Crippen LogP contribution in [0.25, 0.3) is 11.0 Å². The smallest absolute Gasteiger partial charge is 0.349 e. The zero-order valence-electron chi connectivity index (χ0n) is 11.5. The van der Waals surface area contributed by atoms with E-state index in [4.69, 9.17) is 27.6 Å². The van der Waals surface area contributed by atoms with Crippen LogP contribution in [0.4, 0.5) is 5.69 Å². The van der Waals surface area contributed by atoms with Crippen LogP contribution in [0.1, 0.15) is 10.4 Å². The number of hydrogen-bond acceptors (Lipinski definition) is 4. The molecule has 0 fully saturated rings. The average molecular weight is 350 g/mol. The largest absolute Gasteiger partial charge is 0.508 e. The van der Waals surface area contributed by atoms with Crippen LogP contribution >= 0.6 is 23.2 Å². The van der Waals surface area contributed by atoms with E-state index in [-0.39, 0.29) is 21.9 Å². The van der Waals surface area contributed by atoms with Gasteiger partial charge in [0.15, 0.2) is 5.58 Å². The summed E-state index contributed by atoms with van der Waals surface area (Å²) in [5.74, 6) is -0.570. The summed E-state index contributed by atoms with van der Waals surface area (Å²) in [6, 6.07) is 10.2. The van der Waals surface area contributed by atoms with Crippen LogP contribution in [-0.2, 0) is 0 Å². The van der Waals surface area contributed by atoms with Crippen LogP contribution < -0.4 is 10.9 Å². The topological polar surface area (TPSA) is 79.5 Å². The highest BCUT2D eigenvalue weighted by Gasteiger charge is 2.15. The molecule has 1 heterocycles. The Morgan fingerprint density at radius 1 is 1.09 bits per heavy atom. The maximum absolute atomic E-state index is 12.2. The fraction of sp³-hybridized carbons (Fsp3) is 0. The third-order valence-corrected chi connectivity index (χ3v) is 3.62. The highest BCUT2D eigenvalue weighted by Crippen LogP contribution is 2.27. The summed E-state index contributed by atoms with van der Waals surface area (Å²) in [5, 5.41) is 12.8. The number of nitrogens with one attached hydrogen (secondary N) is 1. The molecule has 116 valence electrons. The van der Waals surface area contributed by atoms with Crippen molar-refractivity contribution in [2.45, 2.75) is 0 Å². The van der Waals surface area contributed by atoms with Crippen molar-refractivity contribution >= 4 is 45.8 Å². The molecular formula is C16H9Cl2NO4. The molecule has 0 saturated carbocycles. The number of phenolic OH excluding ortho intramolecular Hbond substituents is 1. The molecule has 2 N–H and O–H groups in total. The van der Waals surface area contributed by atoms with E-state index in [1.807, 2.05) is 0 Å². The first kappa shape index (κ1) is 15.4. The van der Waals surface area contributed by atoms with E-state index in [9.17, 15) is 14.7 Å². The number of phenols is 1. The Balaban J connectivity index is 2.01. The van der Waals surface area contributed by atoms with Gasteiger partial charge >= 0.3 is 5.63 Å². The molecule has 0 aliphatic rings. The second kappa shape index (κ2) is 5.95. The van der Waals surface area contributed by atoms with Gasteiger partial charge in [-0.15, -0.1) is 0 Å². The molecule has 1 amide bonds. The summed E-state index contributed by atoms with van der Waals surface area (Å²) in [7, 11) is 0. The van der Waals surface area contributed by atoms with Gasteiger partial charge in [0.05, 0.1) is 5.02 Å². The van der Waals surface area contributed by atoms with Crippen LogP contribution in [0, 0.1) is 0 Å². The second-order valence-electron chi connectivity index (χ2n) is 4.75. The first-order chi connectivity index (χ1) is 10.9. The molecule has 0 aliphatic carbocycles. The summed E-state index contributed by atoms with van der Waals surface area (Å²) < 4.78 is 5.11. The Morgan fingerprint density at radius 2 is 1.78 bits per heavy atom. The molecule has 0 bridgehead atoms. The zero-order valence-corrected chi connectivity index (χ0v) is 13.0. The van der Waals surface area contributed by atoms with Gasteiger partial charge in [-0.2, -0.15) is 0 Å². The van der Waals surface area contributed by atoms with Crippen molar-refractivity contribution in [3.63, 3.8) is 0 Å². The number of benzene rings is 2. The van der Waals surface area contributed by atoms with Gasteiger partial charge in [-0.05, 0) is 42.5 Å². The van der Waals surface area contributed by atoms with E-state index in [0.29, 0.717) is 16.1 Å². The number of amides is 1. The van der Waals surface area contributed by atoms with E-state index < -0.39 is 11.5 Å². The predicted molar refractivity (Wildman–Crippen MR) is 88.6 cm³/mol. The standard InChI is InChI=1S/C16H9Cl2NO4/c17-9-5-8-6-12(16(22)23-14(8)13(18)7-9)15(21)19-10-1-3-11(20)4-2-10/h1-7,20H,(H,19,21). The van der Waals surface area contributed by atoms with Crippen molar-refractivity contribution < 1.29 is 14.3 Å². The highest BCUT2D eigenvalue weighted by molar-refractivity contribution is 6.38. The maximum Gasteiger partial charge on any atom is 0.349 e. The van der Waals surface area contributed by atoms with Crippen LogP contribution in [0.2, 0.25) is 10.0 Å². The van der Waals surface area contributed by atoms with Crippen LogP contribution in [0.3, 0.4) is 0 Å². The van der Waals surface area contributed by atoms with E-state index in [1.54, 1.807) is 6.07 Å². The van der Waals surface area contributed by atoms with Gasteiger partial charge in [0.2, 0.25) is 0 Å². The summed E-state index contributed by atoms with van der Waals surface area (Å²) in [4.78, 5) is 24.2. The Kier molecular flexibility index (Phi) is 3.98. The lowest BCUT2D eigenvalue weighted by Crippen LogP contribution is -2.20. The van der Waals surface area contributed by atoms with Crippen molar-refractivity contribution in [1.82, 2.24) is 0 Å². The minimum Gasteiger partial charge on any atom is -0.508 e. The third-order valence-electron chi connectivity index (χ3n) is 3.12. The Hall–Kier alpha value is -2.50. The summed E-state index contributed by atoms with van der Waals surface area (Å²) in [5.41, 5.74) is -0.388. The van der Waals surface area contributed by atoms with Crippen LogP contribution in [-0.4, -0.2) is 11.0 Å². The van der Waals surface area contributed by atoms with Crippen molar-refractivity contribution in [3.05, 3.63) is 68.5 Å². The Labute approximate surface area is 140 Å². The molecule has 0 unspecified atom stereocenters. The Morgan fingerprint density at radius 3 is 2.48 bits per heavy atom. The van der Waals surface area contributed by atoms with E-state index in [2.05, 4.69) is 5.32 Å². The van der Waals surface area contributed by atoms with Gasteiger partial charge in [0, 0.05) is 16.1 Å². The molecule has 3 aromatic rings. The third kappa shape index (κ3) is 3.16. The monoisotopic (exact) mass is 349 g/mol. The molecule has 1 aromatic heterocycles. The van der Waals surface area contributed by atoms with E-state index in [1.165, 1.54) is 36.4 Å². The molecule has 23 heavy (non-hydrogen) atoms. The molecule has 0 saturated heterocycles. The lowest BCUT2D eigenvalue weighted by atomic mass is 10.1. The van der Waals surface area contributed by atoms with Crippen molar-refractivity contribution in [2.75, 3.05) is 5.32 Å². The van der Waals surface area contributed by atoms with Crippen molar-refractivity contribution in [1.29, 1.82) is 0 Å². The number of rotatable bonds is 2. The van der Waals surface area contributed by atoms with Gasteiger partial charge in [-0.3, -0.25) is 4.79 Å². The van der Waals surface area contributed by atoms with Gasteiger partial charge in [0.1, 0.15) is 11.3 Å². The van der Waals surface area contributed by atoms with E-state index >= 15 is 0 Å². The molecule has 5 nitrogen and oxygen atoms in total. The van der Waals surface area contributed by atoms with Crippen LogP contribution in [0.5, 0.6) is 5.75 Å². The summed E-state index contributed by atoms with van der Waals surface area (Å²) in [6.07, 6.45) is 0. The zero-order chi connectivity index (χ0) is 16.6. The van der Waals surface area contributed by atoms with Gasteiger partial charge in [0.25, 0.3) is 5.91 Å². The summed E-state index contributed by atoms with van der Waals surface area (Å²) >= 11 is 11.9. The molecule has 0 atom stereocenters. The number of carbonyl (C=O) groups is 1. The van der Waals surface area contributed by atoms with Crippen LogP contribution in [0.15, 0.2) is 51.7 Å². The fourth-order valence-corrected chi connectivity index (χ4v) is 2.61. The number of carbonyl (C=O) groups excluding carboxylic acids is 1. The predicted octanol–water partition coefficient (Wildman–Crippen LogP) is 4.06. The normalized spacial score (nSPS) is 10.7. The van der Waals surface area contributed by atoms with Crippen molar-refractivity contribution in [2.24, 2.45) is 0 Å². The van der Waals surface area contributed by atoms with E-state index in [0.717, 1.165) is 0 Å². The molecular weight excluding hydrogens is 341 g/mol. The molecule has 7 heteroatoms. The molecule has 2 aromatic carbocycles. The minimum absolute atomic E-state index is 0.0671. The first-order valence-electron chi connectivity index (χ1n) is 6.47. The van der Waals surface area contributed by atoms with Crippen molar-refractivity contribution in [3.8, 4) is 5.75 Å².